The molecule has 0 spiro atoms. The SMILES string of the molecule is BBBBBBBBBBBBBBBBBBB. The Balaban J connectivity index is 2.88. The molecule has 0 aromatic carbocycles. The van der Waals surface area contributed by atoms with Crippen LogP contribution in [0.25, 0.3) is 0 Å². The second-order valence-corrected chi connectivity index (χ2v) is 6.30. The van der Waals surface area contributed by atoms with Gasteiger partial charge in [-0.1, -0.05) is 0 Å². The Labute approximate surface area is 135 Å². The predicted octanol–water partition coefficient (Wildman–Crippen LogP) is -12.9. The molecule has 0 radical (unpaired) electrons. The summed E-state index contributed by atoms with van der Waals surface area (Å²) < 4.78 is 0. The summed E-state index contributed by atoms with van der Waals surface area (Å²) in [6.07, 6.45) is 0. The van der Waals surface area contributed by atoms with Crippen LogP contribution in [0.3, 0.4) is 0 Å². The van der Waals surface area contributed by atoms with Crippen molar-refractivity contribution in [3.8, 4) is 0 Å². The first-order chi connectivity index (χ1) is 9.41. The molecule has 19 heteroatoms. The maximum absolute atomic E-state index is 2.30. The summed E-state index contributed by atoms with van der Waals surface area (Å²) >= 11 is 0. The predicted molar refractivity (Wildman–Crippen MR) is 139 cm³/mol. The third kappa shape index (κ3) is 19.2. The molecule has 0 rings (SSSR count). The zero-order chi connectivity index (χ0) is 14.0. The summed E-state index contributed by atoms with van der Waals surface area (Å²) in [6.45, 7) is 0. The Morgan fingerprint density at radius 3 is 0.579 bits per heavy atom. The van der Waals surface area contributed by atoms with Gasteiger partial charge in [0.25, 0.3) is 0 Å². The van der Waals surface area contributed by atoms with E-state index in [0.29, 0.717) is 0 Å². The van der Waals surface area contributed by atoms with Gasteiger partial charge in [0.05, 0.1) is 15.5 Å². The summed E-state index contributed by atoms with van der Waals surface area (Å²) in [5.74, 6) is 0. The lowest BCUT2D eigenvalue weighted by atomic mass is 8.84. The molecular formula is H21B19. The Bertz CT molecular complexity index is 123. The fourth-order valence-electron chi connectivity index (χ4n) is 2.80. The molecule has 19 heavy (non-hydrogen) atoms. The summed E-state index contributed by atoms with van der Waals surface area (Å²) in [5, 5.41) is 0. The lowest BCUT2D eigenvalue weighted by Gasteiger charge is -1.94. The lowest BCUT2D eigenvalue weighted by molar-refractivity contribution is 3.78. The van der Waals surface area contributed by atoms with Gasteiger partial charge < -0.3 is 0 Å². The molecule has 0 nitrogen and oxygen atoms in total. The maximum atomic E-state index is 2.30. The molecule has 0 amide bonds. The molecule has 0 heterocycles. The van der Waals surface area contributed by atoms with Crippen molar-refractivity contribution in [2.45, 2.75) is 0 Å². The first-order valence-corrected chi connectivity index (χ1v) is 9.41. The Morgan fingerprint density at radius 2 is 0.421 bits per heavy atom. The average Bonchev–Trinajstić information content (AvgIpc) is 2.43. The normalized spacial score (nSPS) is 7.37. The quantitative estimate of drug-likeness (QED) is 0.181. The Hall–Kier alpha value is 1.23. The topological polar surface area (TPSA) is 0 Å². The molecule has 78 valence electrons. The molecule has 0 aromatic rings. The van der Waals surface area contributed by atoms with Gasteiger partial charge in [0.1, 0.15) is 0 Å². The van der Waals surface area contributed by atoms with Gasteiger partial charge in [-0.05, 0) is 0 Å². The van der Waals surface area contributed by atoms with E-state index in [0.717, 1.165) is 0 Å². The standard InChI is InChI=1S/B19H21/c1-3-5-7-9-11-13-15-17-19-18-16-14-12-10-8-6-4-2/h3-19H,1-2H2. The van der Waals surface area contributed by atoms with Crippen molar-refractivity contribution in [3.05, 3.63) is 0 Å². The van der Waals surface area contributed by atoms with Gasteiger partial charge in [-0.15, -0.1) is 0 Å². The van der Waals surface area contributed by atoms with Crippen molar-refractivity contribution in [1.29, 1.82) is 0 Å². The number of hydrogen-bond acceptors (Lipinski definition) is 0. The Morgan fingerprint density at radius 1 is 0.263 bits per heavy atom. The fraction of sp³-hybridized carbons (Fsp3) is 0. The minimum atomic E-state index is 1.37. The van der Waals surface area contributed by atoms with Crippen molar-refractivity contribution >= 4 is 136 Å². The number of hydrogen-bond donors (Lipinski definition) is 0. The fourth-order valence-corrected chi connectivity index (χ4v) is 2.80. The second-order valence-electron chi connectivity index (χ2n) is 6.30. The van der Waals surface area contributed by atoms with Gasteiger partial charge in [0.15, 0.2) is 0 Å². The van der Waals surface area contributed by atoms with E-state index in [1.165, 1.54) is 120 Å². The van der Waals surface area contributed by atoms with Crippen LogP contribution in [0.15, 0.2) is 0 Å². The van der Waals surface area contributed by atoms with Crippen LogP contribution in [0.5, 0.6) is 0 Å². The molecule has 0 unspecified atom stereocenters. The molecule has 0 aliphatic heterocycles. The van der Waals surface area contributed by atoms with Crippen LogP contribution in [0.2, 0.25) is 0 Å². The molecule has 0 fully saturated rings. The third-order valence-corrected chi connectivity index (χ3v) is 4.21. The van der Waals surface area contributed by atoms with Crippen molar-refractivity contribution in [2.24, 2.45) is 0 Å². The molecule has 0 N–H and O–H groups in total. The van der Waals surface area contributed by atoms with Crippen molar-refractivity contribution in [3.63, 3.8) is 0 Å². The van der Waals surface area contributed by atoms with Gasteiger partial charge in [-0.3, -0.25) is 0 Å². The third-order valence-electron chi connectivity index (χ3n) is 4.21. The van der Waals surface area contributed by atoms with Gasteiger partial charge in [0.2, 0.25) is 0 Å². The largest absolute Gasteiger partial charge is 0.0597 e. The van der Waals surface area contributed by atoms with Gasteiger partial charge in [0, 0.05) is 120 Å². The Kier molecular flexibility index (Phi) is 20.5. The van der Waals surface area contributed by atoms with Crippen LogP contribution < -0.4 is 0 Å². The lowest BCUT2D eigenvalue weighted by Crippen LogP contribution is -2.36. The van der Waals surface area contributed by atoms with Crippen molar-refractivity contribution in [2.75, 3.05) is 0 Å². The van der Waals surface area contributed by atoms with E-state index >= 15 is 0 Å². The van der Waals surface area contributed by atoms with Crippen LogP contribution in [0, 0.1) is 0 Å². The van der Waals surface area contributed by atoms with E-state index in [1.807, 2.05) is 0 Å². The zero-order valence-electron chi connectivity index (χ0n) is 14.0. The van der Waals surface area contributed by atoms with E-state index in [-0.39, 0.29) is 0 Å². The highest BCUT2D eigenvalue weighted by molar-refractivity contribution is 7.74. The zero-order valence-corrected chi connectivity index (χ0v) is 14.0. The van der Waals surface area contributed by atoms with Gasteiger partial charge in [-0.25, -0.2) is 0 Å². The monoisotopic (exact) mass is 230 g/mol. The highest BCUT2D eigenvalue weighted by Crippen LogP contribution is 1.61. The van der Waals surface area contributed by atoms with Crippen LogP contribution >= 0.6 is 0 Å². The smallest absolute Gasteiger partial charge is 0.0379 e. The number of rotatable bonds is 16. The van der Waals surface area contributed by atoms with Gasteiger partial charge >= 0.3 is 0 Å². The van der Waals surface area contributed by atoms with Gasteiger partial charge in [-0.2, -0.15) is 0 Å². The van der Waals surface area contributed by atoms with E-state index in [9.17, 15) is 0 Å². The molecule has 0 aromatic heterocycles. The molecule has 0 saturated heterocycles. The van der Waals surface area contributed by atoms with Crippen LogP contribution in [0.4, 0.5) is 0 Å². The van der Waals surface area contributed by atoms with Crippen LogP contribution in [-0.2, 0) is 0 Å². The van der Waals surface area contributed by atoms with Crippen molar-refractivity contribution in [1.82, 2.24) is 0 Å². The summed E-state index contributed by atoms with van der Waals surface area (Å²) in [7, 11) is 29.5. The minimum absolute atomic E-state index is 1.37. The van der Waals surface area contributed by atoms with Crippen molar-refractivity contribution < 1.29 is 0 Å². The molecule has 0 bridgehead atoms. The first-order valence-electron chi connectivity index (χ1n) is 9.41. The maximum Gasteiger partial charge on any atom is 0.0597 e. The van der Waals surface area contributed by atoms with Crippen LogP contribution in [-0.4, -0.2) is 136 Å². The molecule has 0 aliphatic carbocycles. The van der Waals surface area contributed by atoms with E-state index in [2.05, 4.69) is 15.5 Å². The summed E-state index contributed by atoms with van der Waals surface area (Å²) in [6, 6.07) is 0. The molecule has 0 atom stereocenters. The average molecular weight is 227 g/mol. The highest BCUT2D eigenvalue weighted by atomic mass is 12.8. The molecular weight excluding hydrogens is 205 g/mol. The summed E-state index contributed by atoms with van der Waals surface area (Å²) in [4.78, 5) is 0. The van der Waals surface area contributed by atoms with Crippen LogP contribution in [0.1, 0.15) is 0 Å². The van der Waals surface area contributed by atoms with E-state index in [1.54, 1.807) is 0 Å². The van der Waals surface area contributed by atoms with E-state index < -0.39 is 0 Å². The highest BCUT2D eigenvalue weighted by Gasteiger charge is 2.03. The minimum Gasteiger partial charge on any atom is 0.0379 e. The second kappa shape index (κ2) is 19.2. The van der Waals surface area contributed by atoms with E-state index in [4.69, 9.17) is 0 Å². The summed E-state index contributed by atoms with van der Waals surface area (Å²) in [5.41, 5.74) is 0. The first kappa shape index (κ1) is 20.2. The molecule has 0 saturated carbocycles. The molecule has 0 aliphatic rings.